The minimum atomic E-state index is 0.0820. The highest BCUT2D eigenvalue weighted by molar-refractivity contribution is 5.75. The van der Waals surface area contributed by atoms with Gasteiger partial charge in [0, 0.05) is 69.2 Å². The normalized spacial score (nSPS) is 15.8. The molecule has 0 spiro atoms. The van der Waals surface area contributed by atoms with E-state index in [4.69, 9.17) is 0 Å². The van der Waals surface area contributed by atoms with Gasteiger partial charge >= 0.3 is 0 Å². The lowest BCUT2D eigenvalue weighted by Gasteiger charge is -2.43. The van der Waals surface area contributed by atoms with Crippen LogP contribution in [-0.4, -0.2) is 59.1 Å². The van der Waals surface area contributed by atoms with Gasteiger partial charge < -0.3 is 14.8 Å². The monoisotopic (exact) mass is 521 g/mol. The molecule has 1 aliphatic heterocycles. The number of benzene rings is 3. The Hall–Kier alpha value is -3.90. The van der Waals surface area contributed by atoms with Crippen LogP contribution in [-0.2, 0) is 17.8 Å². The van der Waals surface area contributed by atoms with Gasteiger partial charge in [0.2, 0.25) is 5.91 Å². The first-order chi connectivity index (χ1) is 19.1. The summed E-state index contributed by atoms with van der Waals surface area (Å²) in [6.07, 6.45) is 5.25. The van der Waals surface area contributed by atoms with Crippen LogP contribution in [0.25, 0.3) is 11.3 Å². The molecular weight excluding hydrogens is 482 g/mol. The minimum Gasteiger partial charge on any atom is -0.368 e. The van der Waals surface area contributed by atoms with E-state index >= 15 is 0 Å². The van der Waals surface area contributed by atoms with Gasteiger partial charge in [-0.1, -0.05) is 72.8 Å². The average Bonchev–Trinajstić information content (AvgIpc) is 3.44. The number of nitrogens with one attached hydrogen (secondary N) is 1. The van der Waals surface area contributed by atoms with Crippen molar-refractivity contribution in [2.24, 2.45) is 0 Å². The Morgan fingerprint density at radius 1 is 0.923 bits per heavy atom. The molecule has 0 radical (unpaired) electrons. The third-order valence-corrected chi connectivity index (χ3v) is 7.86. The smallest absolute Gasteiger partial charge is 0.221 e. The molecule has 0 bridgehead atoms. The van der Waals surface area contributed by atoms with Gasteiger partial charge in [-0.05, 0) is 43.0 Å². The Morgan fingerprint density at radius 2 is 1.69 bits per heavy atom. The zero-order valence-electron chi connectivity index (χ0n) is 23.1. The maximum atomic E-state index is 12.6. The largest absolute Gasteiger partial charge is 0.368 e. The molecule has 1 amide bonds. The molecule has 4 aromatic rings. The van der Waals surface area contributed by atoms with Crippen LogP contribution in [0.4, 0.5) is 5.69 Å². The van der Waals surface area contributed by atoms with Crippen LogP contribution in [0.5, 0.6) is 0 Å². The highest BCUT2D eigenvalue weighted by atomic mass is 16.1. The minimum absolute atomic E-state index is 0.0820. The number of piperazine rings is 1. The summed E-state index contributed by atoms with van der Waals surface area (Å²) in [4.78, 5) is 22.2. The number of hydrogen-bond donors (Lipinski definition) is 1. The summed E-state index contributed by atoms with van der Waals surface area (Å²) in [6.45, 7) is 9.51. The molecule has 39 heavy (non-hydrogen) atoms. The molecule has 6 nitrogen and oxygen atoms in total. The number of carbonyl (C=O) groups is 1. The van der Waals surface area contributed by atoms with E-state index in [9.17, 15) is 4.79 Å². The highest BCUT2D eigenvalue weighted by Crippen LogP contribution is 2.26. The quantitative estimate of drug-likeness (QED) is 0.315. The molecule has 5 rings (SSSR count). The first kappa shape index (κ1) is 26.7. The number of rotatable bonds is 10. The fraction of sp³-hybridized carbons (Fsp3) is 0.333. The number of anilines is 1. The number of aromatic nitrogens is 2. The molecule has 202 valence electrons. The zero-order chi connectivity index (χ0) is 27.0. The number of hydrogen-bond acceptors (Lipinski definition) is 4. The molecule has 1 aromatic heterocycles. The van der Waals surface area contributed by atoms with Gasteiger partial charge in [0.05, 0.1) is 12.0 Å². The molecule has 0 saturated carbocycles. The molecule has 1 atom stereocenters. The molecule has 2 heterocycles. The number of nitrogens with zero attached hydrogens (tertiary/aromatic N) is 4. The number of amides is 1. The summed E-state index contributed by atoms with van der Waals surface area (Å²) in [6, 6.07) is 27.9. The SMILES string of the molecule is Cc1cccc(N2CCN(CCNC(=O)CCn3cnc(-c4ccccc4)c3)C(Cc3ccccc3)C2)c1C. The first-order valence-corrected chi connectivity index (χ1v) is 14.0. The Bertz CT molecular complexity index is 1350. The van der Waals surface area contributed by atoms with Crippen molar-refractivity contribution in [3.05, 3.63) is 108 Å². The highest BCUT2D eigenvalue weighted by Gasteiger charge is 2.28. The lowest BCUT2D eigenvalue weighted by atomic mass is 10.00. The molecule has 6 heteroatoms. The molecule has 1 fully saturated rings. The third-order valence-electron chi connectivity index (χ3n) is 7.86. The van der Waals surface area contributed by atoms with Gasteiger partial charge in [-0.3, -0.25) is 9.69 Å². The fourth-order valence-electron chi connectivity index (χ4n) is 5.46. The molecule has 1 saturated heterocycles. The summed E-state index contributed by atoms with van der Waals surface area (Å²) >= 11 is 0. The maximum Gasteiger partial charge on any atom is 0.221 e. The van der Waals surface area contributed by atoms with Gasteiger partial charge in [-0.25, -0.2) is 4.98 Å². The van der Waals surface area contributed by atoms with Crippen molar-refractivity contribution in [2.75, 3.05) is 37.6 Å². The van der Waals surface area contributed by atoms with Gasteiger partial charge in [0.25, 0.3) is 0 Å². The Kier molecular flexibility index (Phi) is 8.74. The van der Waals surface area contributed by atoms with Crippen molar-refractivity contribution in [1.82, 2.24) is 19.8 Å². The standard InChI is InChI=1S/C33H39N5O/c1-26-10-9-15-32(27(26)2)38-21-20-37(30(23-38)22-28-11-5-3-6-12-28)19-17-34-33(39)16-18-36-24-31(35-25-36)29-13-7-4-8-14-29/h3-15,24-25,30H,16-23H2,1-2H3,(H,34,39). The van der Waals surface area contributed by atoms with Crippen LogP contribution in [0.2, 0.25) is 0 Å². The van der Waals surface area contributed by atoms with Crippen molar-refractivity contribution in [3.8, 4) is 11.3 Å². The zero-order valence-corrected chi connectivity index (χ0v) is 23.1. The number of aryl methyl sites for hydroxylation is 2. The van der Waals surface area contributed by atoms with Crippen LogP contribution in [0.15, 0.2) is 91.4 Å². The van der Waals surface area contributed by atoms with Gasteiger partial charge in [-0.2, -0.15) is 0 Å². The van der Waals surface area contributed by atoms with E-state index < -0.39 is 0 Å². The summed E-state index contributed by atoms with van der Waals surface area (Å²) in [7, 11) is 0. The van der Waals surface area contributed by atoms with E-state index in [1.165, 1.54) is 22.4 Å². The number of imidazole rings is 1. The lowest BCUT2D eigenvalue weighted by Crippen LogP contribution is -2.55. The van der Waals surface area contributed by atoms with Gasteiger partial charge in [-0.15, -0.1) is 0 Å². The summed E-state index contributed by atoms with van der Waals surface area (Å²) in [5.74, 6) is 0.0820. The topological polar surface area (TPSA) is 53.4 Å². The molecule has 3 aromatic carbocycles. The van der Waals surface area contributed by atoms with Crippen LogP contribution in [0, 0.1) is 13.8 Å². The summed E-state index contributed by atoms with van der Waals surface area (Å²) in [5.41, 5.74) is 7.42. The van der Waals surface area contributed by atoms with E-state index in [1.54, 1.807) is 6.33 Å². The lowest BCUT2D eigenvalue weighted by molar-refractivity contribution is -0.121. The van der Waals surface area contributed by atoms with Crippen molar-refractivity contribution < 1.29 is 4.79 Å². The van der Waals surface area contributed by atoms with Crippen molar-refractivity contribution >= 4 is 11.6 Å². The van der Waals surface area contributed by atoms with E-state index in [0.29, 0.717) is 25.6 Å². The van der Waals surface area contributed by atoms with E-state index in [0.717, 1.165) is 43.9 Å². The molecule has 1 N–H and O–H groups in total. The summed E-state index contributed by atoms with van der Waals surface area (Å²) < 4.78 is 1.99. The molecule has 1 unspecified atom stereocenters. The van der Waals surface area contributed by atoms with Gasteiger partial charge in [0.15, 0.2) is 0 Å². The Balaban J connectivity index is 1.14. The Labute approximate surface area is 232 Å². The van der Waals surface area contributed by atoms with Crippen molar-refractivity contribution in [2.45, 2.75) is 39.3 Å². The molecule has 1 aliphatic rings. The molecule has 0 aliphatic carbocycles. The van der Waals surface area contributed by atoms with Crippen LogP contribution < -0.4 is 10.2 Å². The van der Waals surface area contributed by atoms with E-state index in [1.807, 2.05) is 41.1 Å². The second-order valence-corrected chi connectivity index (χ2v) is 10.5. The number of carbonyl (C=O) groups excluding carboxylic acids is 1. The van der Waals surface area contributed by atoms with E-state index in [-0.39, 0.29) is 5.91 Å². The van der Waals surface area contributed by atoms with Gasteiger partial charge in [0.1, 0.15) is 0 Å². The second-order valence-electron chi connectivity index (χ2n) is 10.5. The molecular formula is C33H39N5O. The second kappa shape index (κ2) is 12.8. The van der Waals surface area contributed by atoms with Crippen molar-refractivity contribution in [3.63, 3.8) is 0 Å². The predicted molar refractivity (Wildman–Crippen MR) is 159 cm³/mol. The predicted octanol–water partition coefficient (Wildman–Crippen LogP) is 5.11. The average molecular weight is 522 g/mol. The van der Waals surface area contributed by atoms with Crippen LogP contribution in [0.1, 0.15) is 23.1 Å². The van der Waals surface area contributed by atoms with Crippen LogP contribution in [0.3, 0.4) is 0 Å². The van der Waals surface area contributed by atoms with Crippen LogP contribution >= 0.6 is 0 Å². The van der Waals surface area contributed by atoms with E-state index in [2.05, 4.69) is 82.5 Å². The maximum absolute atomic E-state index is 12.6. The fourth-order valence-corrected chi connectivity index (χ4v) is 5.46. The third kappa shape index (κ3) is 6.95. The summed E-state index contributed by atoms with van der Waals surface area (Å²) in [5, 5.41) is 3.15. The first-order valence-electron chi connectivity index (χ1n) is 14.0. The van der Waals surface area contributed by atoms with Crippen molar-refractivity contribution in [1.29, 1.82) is 0 Å². The Morgan fingerprint density at radius 3 is 2.49 bits per heavy atom.